The molecule has 0 bridgehead atoms. The quantitative estimate of drug-likeness (QED) is 0.913. The SMILES string of the molecule is CN(Cc1ccncc1)C(CN)c1ccc2c(c1)CCO2. The second-order valence-electron chi connectivity index (χ2n) is 5.49. The van der Waals surface area contributed by atoms with Crippen LogP contribution in [0.25, 0.3) is 0 Å². The lowest BCUT2D eigenvalue weighted by Gasteiger charge is -2.27. The standard InChI is InChI=1S/C17H21N3O/c1-20(12-13-4-7-19-8-5-13)16(11-18)14-2-3-17-15(10-14)6-9-21-17/h2-5,7-8,10,16H,6,9,11-12,18H2,1H3. The summed E-state index contributed by atoms with van der Waals surface area (Å²) >= 11 is 0. The second kappa shape index (κ2) is 6.24. The summed E-state index contributed by atoms with van der Waals surface area (Å²) < 4.78 is 5.57. The van der Waals surface area contributed by atoms with E-state index in [4.69, 9.17) is 10.5 Å². The predicted molar refractivity (Wildman–Crippen MR) is 83.1 cm³/mol. The van der Waals surface area contributed by atoms with Crippen molar-refractivity contribution in [3.05, 3.63) is 59.4 Å². The molecule has 0 saturated heterocycles. The number of fused-ring (bicyclic) bond motifs is 1. The Morgan fingerprint density at radius 3 is 2.86 bits per heavy atom. The molecule has 1 unspecified atom stereocenters. The number of benzene rings is 1. The minimum Gasteiger partial charge on any atom is -0.493 e. The van der Waals surface area contributed by atoms with Crippen LogP contribution in [-0.4, -0.2) is 30.1 Å². The van der Waals surface area contributed by atoms with E-state index in [0.717, 1.165) is 25.3 Å². The zero-order chi connectivity index (χ0) is 14.7. The van der Waals surface area contributed by atoms with E-state index in [1.54, 1.807) is 0 Å². The molecule has 1 aliphatic rings. The zero-order valence-corrected chi connectivity index (χ0v) is 12.3. The monoisotopic (exact) mass is 283 g/mol. The molecule has 21 heavy (non-hydrogen) atoms. The summed E-state index contributed by atoms with van der Waals surface area (Å²) in [5, 5.41) is 0. The van der Waals surface area contributed by atoms with Gasteiger partial charge in [0.25, 0.3) is 0 Å². The van der Waals surface area contributed by atoms with Crippen LogP contribution in [0.3, 0.4) is 0 Å². The van der Waals surface area contributed by atoms with Crippen LogP contribution in [0.5, 0.6) is 5.75 Å². The van der Waals surface area contributed by atoms with Crippen LogP contribution in [0.4, 0.5) is 0 Å². The van der Waals surface area contributed by atoms with Crippen molar-refractivity contribution >= 4 is 0 Å². The van der Waals surface area contributed by atoms with Crippen molar-refractivity contribution in [2.75, 3.05) is 20.2 Å². The summed E-state index contributed by atoms with van der Waals surface area (Å²) in [6.45, 7) is 2.25. The van der Waals surface area contributed by atoms with Crippen molar-refractivity contribution in [1.82, 2.24) is 9.88 Å². The van der Waals surface area contributed by atoms with Crippen molar-refractivity contribution in [2.45, 2.75) is 19.0 Å². The summed E-state index contributed by atoms with van der Waals surface area (Å²) in [6, 6.07) is 10.7. The molecule has 0 amide bonds. The zero-order valence-electron chi connectivity index (χ0n) is 12.3. The van der Waals surface area contributed by atoms with Gasteiger partial charge in [-0.15, -0.1) is 0 Å². The summed E-state index contributed by atoms with van der Waals surface area (Å²) in [7, 11) is 2.11. The first-order valence-corrected chi connectivity index (χ1v) is 7.33. The lowest BCUT2D eigenvalue weighted by atomic mass is 10.0. The number of nitrogens with two attached hydrogens (primary N) is 1. The molecule has 0 saturated carbocycles. The first-order chi connectivity index (χ1) is 10.3. The van der Waals surface area contributed by atoms with Gasteiger partial charge in [-0.2, -0.15) is 0 Å². The molecule has 2 aromatic rings. The lowest BCUT2D eigenvalue weighted by molar-refractivity contribution is 0.241. The van der Waals surface area contributed by atoms with Gasteiger partial charge in [-0.05, 0) is 41.9 Å². The van der Waals surface area contributed by atoms with Gasteiger partial charge in [0.1, 0.15) is 5.75 Å². The Labute approximate surface area is 125 Å². The maximum atomic E-state index is 6.02. The highest BCUT2D eigenvalue weighted by atomic mass is 16.5. The Morgan fingerprint density at radius 2 is 2.10 bits per heavy atom. The van der Waals surface area contributed by atoms with Gasteiger partial charge in [0.05, 0.1) is 6.61 Å². The second-order valence-corrected chi connectivity index (χ2v) is 5.49. The summed E-state index contributed by atoms with van der Waals surface area (Å²) in [6.07, 6.45) is 4.65. The first-order valence-electron chi connectivity index (χ1n) is 7.33. The summed E-state index contributed by atoms with van der Waals surface area (Å²) in [5.41, 5.74) is 9.82. The van der Waals surface area contributed by atoms with Crippen LogP contribution in [0.1, 0.15) is 22.7 Å². The van der Waals surface area contributed by atoms with Gasteiger partial charge in [0, 0.05) is 37.9 Å². The topological polar surface area (TPSA) is 51.4 Å². The lowest BCUT2D eigenvalue weighted by Crippen LogP contribution is -2.30. The van der Waals surface area contributed by atoms with Gasteiger partial charge in [-0.25, -0.2) is 0 Å². The van der Waals surface area contributed by atoms with Crippen LogP contribution >= 0.6 is 0 Å². The van der Waals surface area contributed by atoms with E-state index in [1.807, 2.05) is 24.5 Å². The Hall–Kier alpha value is -1.91. The van der Waals surface area contributed by atoms with Crippen LogP contribution in [-0.2, 0) is 13.0 Å². The fourth-order valence-electron chi connectivity index (χ4n) is 2.87. The molecule has 4 heteroatoms. The fraction of sp³-hybridized carbons (Fsp3) is 0.353. The van der Waals surface area contributed by atoms with Gasteiger partial charge in [-0.1, -0.05) is 12.1 Å². The third-order valence-electron chi connectivity index (χ3n) is 4.03. The minimum atomic E-state index is 0.212. The van der Waals surface area contributed by atoms with E-state index in [-0.39, 0.29) is 6.04 Å². The van der Waals surface area contributed by atoms with Crippen molar-refractivity contribution in [3.8, 4) is 5.75 Å². The minimum absolute atomic E-state index is 0.212. The molecule has 2 heterocycles. The molecular formula is C17H21N3O. The Kier molecular flexibility index (Phi) is 4.18. The van der Waals surface area contributed by atoms with E-state index >= 15 is 0 Å². The number of ether oxygens (including phenoxy) is 1. The molecule has 1 aliphatic heterocycles. The molecule has 0 spiro atoms. The average Bonchev–Trinajstić information content (AvgIpc) is 2.96. The molecular weight excluding hydrogens is 262 g/mol. The van der Waals surface area contributed by atoms with E-state index < -0.39 is 0 Å². The molecule has 1 atom stereocenters. The number of hydrogen-bond donors (Lipinski definition) is 1. The molecule has 0 aliphatic carbocycles. The predicted octanol–water partition coefficient (Wildman–Crippen LogP) is 2.15. The van der Waals surface area contributed by atoms with Gasteiger partial charge in [0.15, 0.2) is 0 Å². The molecule has 2 N–H and O–H groups in total. The van der Waals surface area contributed by atoms with Crippen molar-refractivity contribution in [2.24, 2.45) is 5.73 Å². The summed E-state index contributed by atoms with van der Waals surface area (Å²) in [5.74, 6) is 1.02. The van der Waals surface area contributed by atoms with Gasteiger partial charge < -0.3 is 10.5 Å². The third kappa shape index (κ3) is 3.06. The van der Waals surface area contributed by atoms with Crippen LogP contribution in [0, 0.1) is 0 Å². The molecule has 1 aromatic carbocycles. The van der Waals surface area contributed by atoms with Crippen molar-refractivity contribution in [3.63, 3.8) is 0 Å². The van der Waals surface area contributed by atoms with Crippen LogP contribution in [0.2, 0.25) is 0 Å². The molecule has 4 nitrogen and oxygen atoms in total. The van der Waals surface area contributed by atoms with Crippen molar-refractivity contribution < 1.29 is 4.74 Å². The maximum Gasteiger partial charge on any atom is 0.122 e. The van der Waals surface area contributed by atoms with Gasteiger partial charge in [0.2, 0.25) is 0 Å². The molecule has 1 aromatic heterocycles. The normalized spacial score (nSPS) is 14.8. The number of rotatable bonds is 5. The molecule has 3 rings (SSSR count). The highest BCUT2D eigenvalue weighted by Crippen LogP contribution is 2.30. The van der Waals surface area contributed by atoms with E-state index in [0.29, 0.717) is 6.54 Å². The van der Waals surface area contributed by atoms with Crippen LogP contribution in [0.15, 0.2) is 42.7 Å². The third-order valence-corrected chi connectivity index (χ3v) is 4.03. The largest absolute Gasteiger partial charge is 0.493 e. The number of pyridine rings is 1. The number of hydrogen-bond acceptors (Lipinski definition) is 4. The maximum absolute atomic E-state index is 6.02. The van der Waals surface area contributed by atoms with Gasteiger partial charge >= 0.3 is 0 Å². The molecule has 0 fully saturated rings. The average molecular weight is 283 g/mol. The van der Waals surface area contributed by atoms with E-state index in [1.165, 1.54) is 16.7 Å². The Morgan fingerprint density at radius 1 is 1.29 bits per heavy atom. The Balaban J connectivity index is 1.78. The molecule has 0 radical (unpaired) electrons. The summed E-state index contributed by atoms with van der Waals surface area (Å²) in [4.78, 5) is 6.34. The smallest absolute Gasteiger partial charge is 0.122 e. The van der Waals surface area contributed by atoms with E-state index in [2.05, 4.69) is 35.1 Å². The number of aromatic nitrogens is 1. The van der Waals surface area contributed by atoms with Crippen molar-refractivity contribution in [1.29, 1.82) is 0 Å². The number of likely N-dealkylation sites (N-methyl/N-ethyl adjacent to an activating group) is 1. The Bertz CT molecular complexity index is 600. The number of nitrogens with zero attached hydrogens (tertiary/aromatic N) is 2. The highest BCUT2D eigenvalue weighted by Gasteiger charge is 2.19. The highest BCUT2D eigenvalue weighted by molar-refractivity contribution is 5.41. The van der Waals surface area contributed by atoms with E-state index in [9.17, 15) is 0 Å². The fourth-order valence-corrected chi connectivity index (χ4v) is 2.87. The van der Waals surface area contributed by atoms with Crippen LogP contribution < -0.4 is 10.5 Å². The molecule has 110 valence electrons. The van der Waals surface area contributed by atoms with Gasteiger partial charge in [-0.3, -0.25) is 9.88 Å². The first kappa shape index (κ1) is 14.0.